The fraction of sp³-hybridized carbons (Fsp3) is 0.571. The summed E-state index contributed by atoms with van der Waals surface area (Å²) in [5.74, 6) is -0.716. The largest absolute Gasteiger partial charge is 0.314 e. The number of piperazine rings is 1. The Balaban J connectivity index is 1.71. The zero-order valence-electron chi connectivity index (χ0n) is 10.3. The lowest BCUT2D eigenvalue weighted by atomic mass is 10.1. The van der Waals surface area contributed by atoms with Crippen molar-refractivity contribution in [2.75, 3.05) is 19.6 Å². The number of rotatable bonds is 3. The first-order valence-electron chi connectivity index (χ1n) is 6.63. The van der Waals surface area contributed by atoms with E-state index >= 15 is 0 Å². The summed E-state index contributed by atoms with van der Waals surface area (Å²) in [6.45, 7) is 3.71. The van der Waals surface area contributed by atoms with Gasteiger partial charge in [-0.15, -0.1) is 0 Å². The number of nitrogens with one attached hydrogen (secondary N) is 1. The van der Waals surface area contributed by atoms with Crippen molar-refractivity contribution >= 4 is 0 Å². The molecule has 0 spiro atoms. The molecule has 1 heterocycles. The van der Waals surface area contributed by atoms with Crippen molar-refractivity contribution in [2.24, 2.45) is 5.92 Å². The van der Waals surface area contributed by atoms with Gasteiger partial charge >= 0.3 is 0 Å². The van der Waals surface area contributed by atoms with Gasteiger partial charge in [0.15, 0.2) is 11.6 Å². The molecule has 3 rings (SSSR count). The van der Waals surface area contributed by atoms with Crippen LogP contribution < -0.4 is 5.32 Å². The van der Waals surface area contributed by atoms with Gasteiger partial charge in [0.1, 0.15) is 0 Å². The predicted molar refractivity (Wildman–Crippen MR) is 66.1 cm³/mol. The van der Waals surface area contributed by atoms with Crippen LogP contribution in [0, 0.1) is 17.6 Å². The molecule has 1 aromatic carbocycles. The van der Waals surface area contributed by atoms with Crippen molar-refractivity contribution in [1.82, 2.24) is 10.2 Å². The number of halogens is 2. The van der Waals surface area contributed by atoms with Crippen LogP contribution in [0.4, 0.5) is 8.78 Å². The fourth-order valence-corrected chi connectivity index (χ4v) is 2.78. The van der Waals surface area contributed by atoms with E-state index in [1.54, 1.807) is 6.07 Å². The van der Waals surface area contributed by atoms with Gasteiger partial charge in [-0.2, -0.15) is 0 Å². The molecule has 1 saturated heterocycles. The van der Waals surface area contributed by atoms with E-state index in [0.717, 1.165) is 37.7 Å². The van der Waals surface area contributed by atoms with Crippen LogP contribution in [0.2, 0.25) is 0 Å². The van der Waals surface area contributed by atoms with Crippen LogP contribution in [0.1, 0.15) is 18.4 Å². The molecule has 18 heavy (non-hydrogen) atoms. The van der Waals surface area contributed by atoms with Crippen molar-refractivity contribution in [3.05, 3.63) is 35.4 Å². The molecule has 0 aromatic heterocycles. The minimum Gasteiger partial charge on any atom is -0.314 e. The van der Waals surface area contributed by atoms with Gasteiger partial charge in [-0.05, 0) is 36.5 Å². The summed E-state index contributed by atoms with van der Waals surface area (Å²) >= 11 is 0. The molecule has 1 atom stereocenters. The molecule has 2 nitrogen and oxygen atoms in total. The zero-order chi connectivity index (χ0) is 12.5. The summed E-state index contributed by atoms with van der Waals surface area (Å²) in [5, 5.41) is 3.42. The minimum absolute atomic E-state index is 0.562. The first-order chi connectivity index (χ1) is 8.74. The number of hydrogen-bond acceptors (Lipinski definition) is 2. The Kier molecular flexibility index (Phi) is 3.31. The van der Waals surface area contributed by atoms with Crippen LogP contribution in [0.5, 0.6) is 0 Å². The van der Waals surface area contributed by atoms with E-state index in [-0.39, 0.29) is 0 Å². The van der Waals surface area contributed by atoms with E-state index in [9.17, 15) is 8.78 Å². The van der Waals surface area contributed by atoms with Crippen molar-refractivity contribution in [2.45, 2.75) is 25.4 Å². The lowest BCUT2D eigenvalue weighted by molar-refractivity contribution is 0.135. The topological polar surface area (TPSA) is 15.3 Å². The maximum atomic E-state index is 13.2. The molecule has 0 amide bonds. The van der Waals surface area contributed by atoms with Gasteiger partial charge < -0.3 is 5.32 Å². The molecule has 98 valence electrons. The highest BCUT2D eigenvalue weighted by molar-refractivity contribution is 5.18. The molecule has 1 aromatic rings. The molecule has 0 radical (unpaired) electrons. The SMILES string of the molecule is Fc1ccc(CN2CCNCC2C2CC2)cc1F. The zero-order valence-corrected chi connectivity index (χ0v) is 10.3. The van der Waals surface area contributed by atoms with Gasteiger partial charge in [0, 0.05) is 32.2 Å². The Morgan fingerprint density at radius 2 is 2.06 bits per heavy atom. The first kappa shape index (κ1) is 12.1. The lowest BCUT2D eigenvalue weighted by Crippen LogP contribution is -2.51. The monoisotopic (exact) mass is 252 g/mol. The molecular formula is C14H18F2N2. The molecule has 1 saturated carbocycles. The maximum absolute atomic E-state index is 13.2. The van der Waals surface area contributed by atoms with Gasteiger partial charge in [-0.1, -0.05) is 6.07 Å². The highest BCUT2D eigenvalue weighted by atomic mass is 19.2. The average Bonchev–Trinajstić information content (AvgIpc) is 3.19. The lowest BCUT2D eigenvalue weighted by Gasteiger charge is -2.36. The van der Waals surface area contributed by atoms with Gasteiger partial charge in [0.2, 0.25) is 0 Å². The third-order valence-corrected chi connectivity index (χ3v) is 3.93. The fourth-order valence-electron chi connectivity index (χ4n) is 2.78. The molecule has 1 aliphatic carbocycles. The molecule has 2 aliphatic rings. The summed E-state index contributed by atoms with van der Waals surface area (Å²) in [4.78, 5) is 2.40. The smallest absolute Gasteiger partial charge is 0.159 e. The van der Waals surface area contributed by atoms with E-state index in [0.29, 0.717) is 6.04 Å². The van der Waals surface area contributed by atoms with Crippen molar-refractivity contribution in [3.8, 4) is 0 Å². The average molecular weight is 252 g/mol. The molecule has 4 heteroatoms. The van der Waals surface area contributed by atoms with Crippen LogP contribution in [0.3, 0.4) is 0 Å². The quantitative estimate of drug-likeness (QED) is 0.886. The number of hydrogen-bond donors (Lipinski definition) is 1. The van der Waals surface area contributed by atoms with E-state index in [4.69, 9.17) is 0 Å². The third kappa shape index (κ3) is 2.54. The van der Waals surface area contributed by atoms with Gasteiger partial charge in [-0.3, -0.25) is 4.90 Å². The van der Waals surface area contributed by atoms with Crippen LogP contribution in [-0.2, 0) is 6.54 Å². The Morgan fingerprint density at radius 1 is 1.22 bits per heavy atom. The summed E-state index contributed by atoms with van der Waals surface area (Å²) in [7, 11) is 0. The van der Waals surface area contributed by atoms with E-state index in [1.165, 1.54) is 25.0 Å². The standard InChI is InChI=1S/C14H18F2N2/c15-12-4-1-10(7-13(12)16)9-18-6-5-17-8-14(18)11-2-3-11/h1,4,7,11,14,17H,2-3,5-6,8-9H2. The number of benzene rings is 1. The molecule has 1 unspecified atom stereocenters. The van der Waals surface area contributed by atoms with Gasteiger partial charge in [0.25, 0.3) is 0 Å². The first-order valence-corrected chi connectivity index (χ1v) is 6.63. The van der Waals surface area contributed by atoms with E-state index in [1.807, 2.05) is 0 Å². The normalized spacial score (nSPS) is 25.3. The Morgan fingerprint density at radius 3 is 2.78 bits per heavy atom. The minimum atomic E-state index is -0.766. The molecular weight excluding hydrogens is 234 g/mol. The van der Waals surface area contributed by atoms with Crippen molar-refractivity contribution in [3.63, 3.8) is 0 Å². The van der Waals surface area contributed by atoms with E-state index < -0.39 is 11.6 Å². The predicted octanol–water partition coefficient (Wildman–Crippen LogP) is 2.15. The maximum Gasteiger partial charge on any atom is 0.159 e. The van der Waals surface area contributed by atoms with Gasteiger partial charge in [0.05, 0.1) is 0 Å². The van der Waals surface area contributed by atoms with Crippen molar-refractivity contribution in [1.29, 1.82) is 0 Å². The van der Waals surface area contributed by atoms with E-state index in [2.05, 4.69) is 10.2 Å². The molecule has 1 N–H and O–H groups in total. The number of nitrogens with zero attached hydrogens (tertiary/aromatic N) is 1. The highest BCUT2D eigenvalue weighted by Gasteiger charge is 2.36. The second-order valence-electron chi connectivity index (χ2n) is 5.33. The summed E-state index contributed by atoms with van der Waals surface area (Å²) < 4.78 is 26.1. The Labute approximate surface area is 106 Å². The Hall–Kier alpha value is -1.00. The van der Waals surface area contributed by atoms with Gasteiger partial charge in [-0.25, -0.2) is 8.78 Å². The summed E-state index contributed by atoms with van der Waals surface area (Å²) in [5.41, 5.74) is 0.862. The second kappa shape index (κ2) is 4.94. The molecule has 2 fully saturated rings. The van der Waals surface area contributed by atoms with Crippen LogP contribution in [0.15, 0.2) is 18.2 Å². The highest BCUT2D eigenvalue weighted by Crippen LogP contribution is 2.36. The third-order valence-electron chi connectivity index (χ3n) is 3.93. The summed E-state index contributed by atoms with van der Waals surface area (Å²) in [6, 6.07) is 4.79. The van der Waals surface area contributed by atoms with Crippen LogP contribution in [0.25, 0.3) is 0 Å². The molecule has 1 aliphatic heterocycles. The summed E-state index contributed by atoms with van der Waals surface area (Å²) in [6.07, 6.45) is 2.61. The second-order valence-corrected chi connectivity index (χ2v) is 5.33. The molecule has 0 bridgehead atoms. The van der Waals surface area contributed by atoms with Crippen molar-refractivity contribution < 1.29 is 8.78 Å². The van der Waals surface area contributed by atoms with Crippen LogP contribution >= 0.6 is 0 Å². The Bertz CT molecular complexity index is 432. The van der Waals surface area contributed by atoms with Crippen LogP contribution in [-0.4, -0.2) is 30.6 Å².